The number of nitrogens with zero attached hydrogens (tertiary/aromatic N) is 2. The van der Waals surface area contributed by atoms with Gasteiger partial charge in [0.2, 0.25) is 0 Å². The average Bonchev–Trinajstić information content (AvgIpc) is 2.30. The second-order valence-electron chi connectivity index (χ2n) is 3.72. The van der Waals surface area contributed by atoms with Crippen molar-refractivity contribution in [3.8, 4) is 0 Å². The van der Waals surface area contributed by atoms with Crippen LogP contribution in [0.2, 0.25) is 5.15 Å². The molecule has 2 heterocycles. The fourth-order valence-electron chi connectivity index (χ4n) is 1.65. The summed E-state index contributed by atoms with van der Waals surface area (Å²) in [7, 11) is 0. The minimum atomic E-state index is 0.457. The molecular formula is C10H14ClN3S. The van der Waals surface area contributed by atoms with Crippen LogP contribution in [0.3, 0.4) is 0 Å². The van der Waals surface area contributed by atoms with Gasteiger partial charge in [0, 0.05) is 5.75 Å². The number of hydrogen-bond acceptors (Lipinski definition) is 4. The Bertz CT molecular complexity index is 298. The zero-order valence-electron chi connectivity index (χ0n) is 8.45. The van der Waals surface area contributed by atoms with Crippen LogP contribution < -0.4 is 5.32 Å². The molecule has 0 bridgehead atoms. The number of halogens is 1. The lowest BCUT2D eigenvalue weighted by atomic mass is 10.0. The molecule has 1 atom stereocenters. The van der Waals surface area contributed by atoms with Gasteiger partial charge in [-0.2, -0.15) is 0 Å². The van der Waals surface area contributed by atoms with Crippen LogP contribution in [0.4, 0.5) is 0 Å². The van der Waals surface area contributed by atoms with Crippen molar-refractivity contribution >= 4 is 23.4 Å². The number of nitrogens with one attached hydrogen (secondary N) is 1. The smallest absolute Gasteiger partial charge is 0.151 e. The van der Waals surface area contributed by atoms with Crippen molar-refractivity contribution in [2.45, 2.75) is 17.9 Å². The Morgan fingerprint density at radius 1 is 1.47 bits per heavy atom. The van der Waals surface area contributed by atoms with E-state index in [2.05, 4.69) is 15.5 Å². The third-order valence-corrected chi connectivity index (χ3v) is 3.83. The van der Waals surface area contributed by atoms with Gasteiger partial charge in [0.1, 0.15) is 5.03 Å². The van der Waals surface area contributed by atoms with E-state index in [9.17, 15) is 0 Å². The minimum Gasteiger partial charge on any atom is -0.316 e. The van der Waals surface area contributed by atoms with Crippen LogP contribution in [0.15, 0.2) is 17.2 Å². The molecular weight excluding hydrogens is 230 g/mol. The highest BCUT2D eigenvalue weighted by molar-refractivity contribution is 7.99. The molecule has 0 radical (unpaired) electrons. The van der Waals surface area contributed by atoms with Crippen LogP contribution in [0.1, 0.15) is 12.8 Å². The van der Waals surface area contributed by atoms with E-state index in [-0.39, 0.29) is 0 Å². The lowest BCUT2D eigenvalue weighted by molar-refractivity contribution is 0.410. The predicted octanol–water partition coefficient (Wildman–Crippen LogP) is 2.22. The second kappa shape index (κ2) is 5.68. The molecule has 1 aromatic heterocycles. The molecule has 82 valence electrons. The Kier molecular flexibility index (Phi) is 4.23. The van der Waals surface area contributed by atoms with Gasteiger partial charge in [-0.15, -0.1) is 22.0 Å². The first-order valence-electron chi connectivity index (χ1n) is 5.17. The summed E-state index contributed by atoms with van der Waals surface area (Å²) in [6, 6.07) is 3.71. The van der Waals surface area contributed by atoms with E-state index in [1.807, 2.05) is 6.07 Å². The SMILES string of the molecule is Clc1ccc(SC[C@@H]2CCCNC2)nn1. The van der Waals surface area contributed by atoms with Crippen molar-refractivity contribution in [3.63, 3.8) is 0 Å². The molecule has 15 heavy (non-hydrogen) atoms. The molecule has 1 aliphatic rings. The first-order chi connectivity index (χ1) is 7.34. The minimum absolute atomic E-state index is 0.457. The van der Waals surface area contributed by atoms with Crippen LogP contribution in [0, 0.1) is 5.92 Å². The molecule has 1 aliphatic heterocycles. The highest BCUT2D eigenvalue weighted by atomic mass is 35.5. The maximum atomic E-state index is 5.67. The molecule has 2 rings (SSSR count). The lowest BCUT2D eigenvalue weighted by Crippen LogP contribution is -2.30. The molecule has 1 aromatic rings. The lowest BCUT2D eigenvalue weighted by Gasteiger charge is -2.21. The zero-order valence-corrected chi connectivity index (χ0v) is 10.0. The topological polar surface area (TPSA) is 37.8 Å². The summed E-state index contributed by atoms with van der Waals surface area (Å²) in [5.74, 6) is 1.88. The Morgan fingerprint density at radius 3 is 3.07 bits per heavy atom. The van der Waals surface area contributed by atoms with Gasteiger partial charge in [0.25, 0.3) is 0 Å². The van der Waals surface area contributed by atoms with E-state index >= 15 is 0 Å². The van der Waals surface area contributed by atoms with Crippen molar-refractivity contribution in [3.05, 3.63) is 17.3 Å². The third kappa shape index (κ3) is 3.63. The Morgan fingerprint density at radius 2 is 2.40 bits per heavy atom. The summed E-state index contributed by atoms with van der Waals surface area (Å²) in [4.78, 5) is 0. The molecule has 3 nitrogen and oxygen atoms in total. The van der Waals surface area contributed by atoms with E-state index < -0.39 is 0 Å². The molecule has 0 amide bonds. The first kappa shape index (κ1) is 11.2. The van der Waals surface area contributed by atoms with Gasteiger partial charge in [0.05, 0.1) is 0 Å². The van der Waals surface area contributed by atoms with Crippen molar-refractivity contribution in [2.24, 2.45) is 5.92 Å². The molecule has 5 heteroatoms. The molecule has 0 saturated carbocycles. The fourth-order valence-corrected chi connectivity index (χ4v) is 2.70. The molecule has 0 spiro atoms. The highest BCUT2D eigenvalue weighted by Gasteiger charge is 2.13. The van der Waals surface area contributed by atoms with Crippen LogP contribution in [-0.4, -0.2) is 29.0 Å². The first-order valence-corrected chi connectivity index (χ1v) is 6.54. The largest absolute Gasteiger partial charge is 0.316 e. The normalized spacial score (nSPS) is 21.5. The summed E-state index contributed by atoms with van der Waals surface area (Å²) in [6.45, 7) is 2.30. The maximum Gasteiger partial charge on any atom is 0.151 e. The molecule has 1 fully saturated rings. The monoisotopic (exact) mass is 243 g/mol. The third-order valence-electron chi connectivity index (χ3n) is 2.47. The van der Waals surface area contributed by atoms with Crippen molar-refractivity contribution in [1.29, 1.82) is 0 Å². The molecule has 1 saturated heterocycles. The number of aromatic nitrogens is 2. The van der Waals surface area contributed by atoms with Gasteiger partial charge >= 0.3 is 0 Å². The Hall–Kier alpha value is -0.320. The summed E-state index contributed by atoms with van der Waals surface area (Å²) in [5.41, 5.74) is 0. The summed E-state index contributed by atoms with van der Waals surface area (Å²) in [6.07, 6.45) is 2.61. The zero-order chi connectivity index (χ0) is 10.5. The van der Waals surface area contributed by atoms with Gasteiger partial charge in [-0.1, -0.05) is 11.6 Å². The average molecular weight is 244 g/mol. The van der Waals surface area contributed by atoms with E-state index in [0.29, 0.717) is 5.15 Å². The second-order valence-corrected chi connectivity index (χ2v) is 5.15. The van der Waals surface area contributed by atoms with Crippen molar-refractivity contribution in [1.82, 2.24) is 15.5 Å². The van der Waals surface area contributed by atoms with Crippen LogP contribution >= 0.6 is 23.4 Å². The van der Waals surface area contributed by atoms with Crippen molar-refractivity contribution < 1.29 is 0 Å². The number of rotatable bonds is 3. The quantitative estimate of drug-likeness (QED) is 0.827. The van der Waals surface area contributed by atoms with Gasteiger partial charge in [-0.05, 0) is 44.0 Å². The van der Waals surface area contributed by atoms with E-state index in [1.54, 1.807) is 17.8 Å². The standard InChI is InChI=1S/C10H14ClN3S/c11-9-3-4-10(14-13-9)15-7-8-2-1-5-12-6-8/h3-4,8,12H,1-2,5-7H2/t8-/m1/s1. The van der Waals surface area contributed by atoms with E-state index in [4.69, 9.17) is 11.6 Å². The van der Waals surface area contributed by atoms with E-state index in [1.165, 1.54) is 19.4 Å². The van der Waals surface area contributed by atoms with Crippen LogP contribution in [-0.2, 0) is 0 Å². The summed E-state index contributed by atoms with van der Waals surface area (Å²) < 4.78 is 0. The Labute approximate surface area is 99.0 Å². The molecule has 0 aliphatic carbocycles. The van der Waals surface area contributed by atoms with E-state index in [0.717, 1.165) is 23.2 Å². The van der Waals surface area contributed by atoms with Crippen LogP contribution in [0.5, 0.6) is 0 Å². The van der Waals surface area contributed by atoms with Gasteiger partial charge < -0.3 is 5.32 Å². The van der Waals surface area contributed by atoms with Gasteiger partial charge in [-0.25, -0.2) is 0 Å². The van der Waals surface area contributed by atoms with Crippen LogP contribution in [0.25, 0.3) is 0 Å². The molecule has 0 unspecified atom stereocenters. The van der Waals surface area contributed by atoms with Gasteiger partial charge in [0.15, 0.2) is 5.15 Å². The number of piperidine rings is 1. The molecule has 0 aromatic carbocycles. The summed E-state index contributed by atoms with van der Waals surface area (Å²) in [5, 5.41) is 12.7. The molecule has 1 N–H and O–H groups in total. The highest BCUT2D eigenvalue weighted by Crippen LogP contribution is 2.22. The maximum absolute atomic E-state index is 5.67. The van der Waals surface area contributed by atoms with Gasteiger partial charge in [-0.3, -0.25) is 0 Å². The Balaban J connectivity index is 1.79. The predicted molar refractivity (Wildman–Crippen MR) is 63.4 cm³/mol. The number of thioether (sulfide) groups is 1. The fraction of sp³-hybridized carbons (Fsp3) is 0.600. The summed E-state index contributed by atoms with van der Waals surface area (Å²) >= 11 is 7.43. The number of hydrogen-bond donors (Lipinski definition) is 1. The van der Waals surface area contributed by atoms with Crippen molar-refractivity contribution in [2.75, 3.05) is 18.8 Å².